The molecule has 5 saturated carbocycles. The van der Waals surface area contributed by atoms with Crippen LogP contribution in [0, 0.1) is 29.6 Å². The fourth-order valence-corrected chi connectivity index (χ4v) is 7.68. The average Bonchev–Trinajstić information content (AvgIpc) is 3.11. The van der Waals surface area contributed by atoms with Crippen LogP contribution in [0.2, 0.25) is 0 Å². The predicted octanol–water partition coefficient (Wildman–Crippen LogP) is 3.03. The van der Waals surface area contributed by atoms with Gasteiger partial charge in [0.15, 0.2) is 5.82 Å². The molecule has 6 nitrogen and oxygen atoms in total. The van der Waals surface area contributed by atoms with Gasteiger partial charge in [-0.15, -0.1) is 5.10 Å². The van der Waals surface area contributed by atoms with E-state index in [0.717, 1.165) is 44.3 Å². The summed E-state index contributed by atoms with van der Waals surface area (Å²) in [5.41, 5.74) is 1.32. The number of aromatic nitrogens is 4. The summed E-state index contributed by atoms with van der Waals surface area (Å²) in [5.74, 6) is 3.70. The van der Waals surface area contributed by atoms with Gasteiger partial charge in [-0.05, 0) is 78.2 Å². The van der Waals surface area contributed by atoms with Crippen LogP contribution in [0.1, 0.15) is 62.3 Å². The zero-order valence-electron chi connectivity index (χ0n) is 17.5. The Morgan fingerprint density at radius 2 is 1.70 bits per heavy atom. The quantitative estimate of drug-likeness (QED) is 0.825. The summed E-state index contributed by atoms with van der Waals surface area (Å²) >= 11 is 0. The van der Waals surface area contributed by atoms with Gasteiger partial charge in [0.2, 0.25) is 0 Å². The van der Waals surface area contributed by atoms with Crippen molar-refractivity contribution in [3.05, 3.63) is 41.7 Å². The molecule has 6 heteroatoms. The number of carbonyl (C=O) groups is 1. The summed E-state index contributed by atoms with van der Waals surface area (Å²) in [5, 5.41) is 22.5. The molecule has 5 aliphatic carbocycles. The van der Waals surface area contributed by atoms with E-state index >= 15 is 0 Å². The van der Waals surface area contributed by atoms with Crippen LogP contribution >= 0.6 is 0 Å². The molecule has 1 N–H and O–H groups in total. The highest BCUT2D eigenvalue weighted by Crippen LogP contribution is 2.64. The van der Waals surface area contributed by atoms with Gasteiger partial charge in [0.05, 0.1) is 6.10 Å². The summed E-state index contributed by atoms with van der Waals surface area (Å²) in [6.07, 6.45) is 6.60. The Bertz CT molecular complexity index is 919. The molecule has 0 spiro atoms. The Labute approximate surface area is 177 Å². The second-order valence-electron chi connectivity index (χ2n) is 10.4. The second kappa shape index (κ2) is 6.71. The number of nitrogens with zero attached hydrogens (tertiary/aromatic N) is 4. The highest BCUT2D eigenvalue weighted by molar-refractivity contribution is 5.83. The van der Waals surface area contributed by atoms with Gasteiger partial charge in [-0.2, -0.15) is 0 Å². The minimum Gasteiger partial charge on any atom is -0.393 e. The van der Waals surface area contributed by atoms with Crippen molar-refractivity contribution < 1.29 is 9.90 Å². The van der Waals surface area contributed by atoms with Crippen LogP contribution in [0.5, 0.6) is 0 Å². The Morgan fingerprint density at radius 3 is 2.27 bits per heavy atom. The molecule has 0 atom stereocenters. The lowest BCUT2D eigenvalue weighted by atomic mass is 9.41. The molecule has 2 aromatic rings. The van der Waals surface area contributed by atoms with Crippen LogP contribution in [0.15, 0.2) is 30.3 Å². The van der Waals surface area contributed by atoms with Crippen LogP contribution in [-0.2, 0) is 17.3 Å². The van der Waals surface area contributed by atoms with Crippen molar-refractivity contribution in [3.8, 4) is 0 Å². The average molecular weight is 407 g/mol. The van der Waals surface area contributed by atoms with E-state index in [1.165, 1.54) is 5.56 Å². The van der Waals surface area contributed by atoms with E-state index in [-0.39, 0.29) is 17.4 Å². The molecular formula is C24H30N4O2. The number of hydrogen-bond acceptors (Lipinski definition) is 5. The minimum absolute atomic E-state index is 0.0388. The standard InChI is InChI=1S/C24H30N4O2/c1-28-23(25-26-27-28)17-7-14(8-17)21(29)13-24(18-5-3-2-4-6-18)19-9-15-10-20(24)12-16(11-19)22(15)30/h2-6,14-17,19-20,22,30H,7-13H2,1H3. The molecule has 30 heavy (non-hydrogen) atoms. The zero-order valence-corrected chi connectivity index (χ0v) is 17.5. The number of Topliss-reactive ketones (excluding diaryl/α,β-unsaturated/α-hetero) is 1. The molecule has 1 aromatic heterocycles. The summed E-state index contributed by atoms with van der Waals surface area (Å²) in [7, 11) is 1.87. The SMILES string of the molecule is Cn1nnnc1C1CC(C(=O)CC2(c3ccccc3)C3CC4CC2CC(C3)C4O)C1. The van der Waals surface area contributed by atoms with Gasteiger partial charge >= 0.3 is 0 Å². The number of benzene rings is 1. The molecule has 1 heterocycles. The molecule has 0 saturated heterocycles. The van der Waals surface area contributed by atoms with Crippen molar-refractivity contribution in [1.82, 2.24) is 20.2 Å². The number of aliphatic hydroxyl groups excluding tert-OH is 1. The Morgan fingerprint density at radius 1 is 1.07 bits per heavy atom. The molecule has 5 fully saturated rings. The maximum absolute atomic E-state index is 13.6. The zero-order chi connectivity index (χ0) is 20.5. The van der Waals surface area contributed by atoms with Gasteiger partial charge in [-0.1, -0.05) is 30.3 Å². The Hall–Kier alpha value is -2.08. The fraction of sp³-hybridized carbons (Fsp3) is 0.667. The third-order valence-electron chi connectivity index (χ3n) is 9.16. The maximum atomic E-state index is 13.6. The number of tetrazole rings is 1. The van der Waals surface area contributed by atoms with Crippen molar-refractivity contribution in [2.75, 3.05) is 0 Å². The van der Waals surface area contributed by atoms with Crippen molar-refractivity contribution in [3.63, 3.8) is 0 Å². The molecule has 0 amide bonds. The highest BCUT2D eigenvalue weighted by Gasteiger charge is 2.61. The topological polar surface area (TPSA) is 80.9 Å². The van der Waals surface area contributed by atoms with Crippen molar-refractivity contribution in [2.45, 2.75) is 62.4 Å². The van der Waals surface area contributed by atoms with Gasteiger partial charge in [0.25, 0.3) is 0 Å². The van der Waals surface area contributed by atoms with E-state index in [1.54, 1.807) is 4.68 Å². The lowest BCUT2D eigenvalue weighted by Crippen LogP contribution is -2.61. The molecule has 0 aliphatic heterocycles. The fourth-order valence-electron chi connectivity index (χ4n) is 7.68. The molecule has 4 bridgehead atoms. The van der Waals surface area contributed by atoms with E-state index in [0.29, 0.717) is 41.8 Å². The Balaban J connectivity index is 1.26. The number of ketones is 1. The molecule has 0 radical (unpaired) electrons. The van der Waals surface area contributed by atoms with E-state index in [1.807, 2.05) is 7.05 Å². The maximum Gasteiger partial charge on any atom is 0.154 e. The van der Waals surface area contributed by atoms with Crippen LogP contribution in [-0.4, -0.2) is 37.2 Å². The van der Waals surface area contributed by atoms with Gasteiger partial charge in [0, 0.05) is 30.7 Å². The third-order valence-corrected chi connectivity index (χ3v) is 9.16. The minimum atomic E-state index is -0.116. The highest BCUT2D eigenvalue weighted by atomic mass is 16.3. The third kappa shape index (κ3) is 2.58. The largest absolute Gasteiger partial charge is 0.393 e. The van der Waals surface area contributed by atoms with Gasteiger partial charge < -0.3 is 5.11 Å². The van der Waals surface area contributed by atoms with Gasteiger partial charge in [0.1, 0.15) is 5.78 Å². The first-order chi connectivity index (χ1) is 14.6. The summed E-state index contributed by atoms with van der Waals surface area (Å²) in [4.78, 5) is 13.6. The van der Waals surface area contributed by atoms with Crippen LogP contribution in [0.3, 0.4) is 0 Å². The van der Waals surface area contributed by atoms with Gasteiger partial charge in [-0.3, -0.25) is 4.79 Å². The van der Waals surface area contributed by atoms with E-state index in [9.17, 15) is 9.90 Å². The number of hydrogen-bond donors (Lipinski definition) is 1. The lowest BCUT2D eigenvalue weighted by molar-refractivity contribution is -0.149. The predicted molar refractivity (Wildman–Crippen MR) is 110 cm³/mol. The number of rotatable bonds is 5. The molecule has 1 aromatic carbocycles. The van der Waals surface area contributed by atoms with Crippen molar-refractivity contribution in [2.24, 2.45) is 36.6 Å². The van der Waals surface area contributed by atoms with Gasteiger partial charge in [-0.25, -0.2) is 4.68 Å². The van der Waals surface area contributed by atoms with E-state index in [4.69, 9.17) is 0 Å². The van der Waals surface area contributed by atoms with Crippen LogP contribution in [0.25, 0.3) is 0 Å². The molecule has 158 valence electrons. The second-order valence-corrected chi connectivity index (χ2v) is 10.4. The monoisotopic (exact) mass is 406 g/mol. The summed E-state index contributed by atoms with van der Waals surface area (Å²) in [6, 6.07) is 10.8. The molecule has 5 aliphatic rings. The number of aryl methyl sites for hydroxylation is 1. The smallest absolute Gasteiger partial charge is 0.154 e. The summed E-state index contributed by atoms with van der Waals surface area (Å²) < 4.78 is 1.74. The summed E-state index contributed by atoms with van der Waals surface area (Å²) in [6.45, 7) is 0. The molecular weight excluding hydrogens is 376 g/mol. The molecule has 7 rings (SSSR count). The molecule has 0 unspecified atom stereocenters. The number of aliphatic hydroxyl groups is 1. The first-order valence-corrected chi connectivity index (χ1v) is 11.5. The van der Waals surface area contributed by atoms with E-state index < -0.39 is 0 Å². The first-order valence-electron chi connectivity index (χ1n) is 11.5. The van der Waals surface area contributed by atoms with Crippen LogP contribution in [0.4, 0.5) is 0 Å². The van der Waals surface area contributed by atoms with Crippen LogP contribution < -0.4 is 0 Å². The lowest BCUT2D eigenvalue weighted by Gasteiger charge is -2.63. The first kappa shape index (κ1) is 18.7. The normalized spacial score (nSPS) is 41.6. The van der Waals surface area contributed by atoms with Crippen molar-refractivity contribution >= 4 is 5.78 Å². The van der Waals surface area contributed by atoms with E-state index in [2.05, 4.69) is 45.9 Å². The van der Waals surface area contributed by atoms with Crippen molar-refractivity contribution in [1.29, 1.82) is 0 Å². The number of carbonyl (C=O) groups excluding carboxylic acids is 1. The Kier molecular flexibility index (Phi) is 4.18.